The van der Waals surface area contributed by atoms with E-state index in [1.165, 1.54) is 6.42 Å². The highest BCUT2D eigenvalue weighted by molar-refractivity contribution is 5.99. The number of anilines is 1. The van der Waals surface area contributed by atoms with Crippen molar-refractivity contribution in [1.29, 1.82) is 0 Å². The number of amides is 1. The number of benzene rings is 1. The maximum Gasteiger partial charge on any atom is 0.255 e. The second-order valence-corrected chi connectivity index (χ2v) is 5.24. The average Bonchev–Trinajstić information content (AvgIpc) is 2.27. The summed E-state index contributed by atoms with van der Waals surface area (Å²) in [6.07, 6.45) is 1.20. The van der Waals surface area contributed by atoms with Crippen LogP contribution in [0.5, 0.6) is 0 Å². The smallest absolute Gasteiger partial charge is 0.255 e. The summed E-state index contributed by atoms with van der Waals surface area (Å²) in [5, 5.41) is 0. The summed E-state index contributed by atoms with van der Waals surface area (Å²) in [5.41, 5.74) is 7.06. The Labute approximate surface area is 115 Å². The Bertz CT molecular complexity index is 412. The zero-order valence-corrected chi connectivity index (χ0v) is 11.7. The van der Waals surface area contributed by atoms with Crippen molar-refractivity contribution in [2.75, 3.05) is 18.8 Å². The topological polar surface area (TPSA) is 46.3 Å². The highest BCUT2D eigenvalue weighted by Gasteiger charge is 2.26. The number of piperidine rings is 1. The fourth-order valence-corrected chi connectivity index (χ4v) is 2.69. The summed E-state index contributed by atoms with van der Waals surface area (Å²) in [6.45, 7) is 6.09. The van der Waals surface area contributed by atoms with Gasteiger partial charge in [0.25, 0.3) is 5.91 Å². The molecule has 0 aliphatic carbocycles. The number of para-hydroxylation sites is 1. The SMILES string of the molecule is CC1CC(C)CN(C(=O)c2ccccc2N)C1.Cl. The van der Waals surface area contributed by atoms with E-state index in [1.807, 2.05) is 23.1 Å². The molecule has 18 heavy (non-hydrogen) atoms. The van der Waals surface area contributed by atoms with Crippen molar-refractivity contribution in [2.45, 2.75) is 20.3 Å². The van der Waals surface area contributed by atoms with Gasteiger partial charge in [-0.1, -0.05) is 26.0 Å². The van der Waals surface area contributed by atoms with Crippen LogP contribution < -0.4 is 5.73 Å². The van der Waals surface area contributed by atoms with Crippen molar-refractivity contribution in [2.24, 2.45) is 11.8 Å². The summed E-state index contributed by atoms with van der Waals surface area (Å²) < 4.78 is 0. The molecular formula is C14H21ClN2O. The van der Waals surface area contributed by atoms with Crippen molar-refractivity contribution in [3.8, 4) is 0 Å². The van der Waals surface area contributed by atoms with E-state index >= 15 is 0 Å². The van der Waals surface area contributed by atoms with Gasteiger partial charge in [0.1, 0.15) is 0 Å². The van der Waals surface area contributed by atoms with Gasteiger partial charge >= 0.3 is 0 Å². The van der Waals surface area contributed by atoms with E-state index in [4.69, 9.17) is 5.73 Å². The van der Waals surface area contributed by atoms with Crippen molar-refractivity contribution in [3.05, 3.63) is 29.8 Å². The number of nitrogens with zero attached hydrogens (tertiary/aromatic N) is 1. The molecule has 100 valence electrons. The molecule has 1 aromatic rings. The molecule has 0 bridgehead atoms. The van der Waals surface area contributed by atoms with Crippen LogP contribution in [0.4, 0.5) is 5.69 Å². The Morgan fingerprint density at radius 1 is 1.22 bits per heavy atom. The molecule has 1 saturated heterocycles. The van der Waals surface area contributed by atoms with Gasteiger partial charge in [-0.05, 0) is 30.4 Å². The van der Waals surface area contributed by atoms with Crippen LogP contribution in [-0.2, 0) is 0 Å². The van der Waals surface area contributed by atoms with Crippen LogP contribution in [0, 0.1) is 11.8 Å². The zero-order chi connectivity index (χ0) is 12.4. The molecule has 1 fully saturated rings. The molecule has 2 unspecified atom stereocenters. The van der Waals surface area contributed by atoms with Crippen LogP contribution in [-0.4, -0.2) is 23.9 Å². The highest BCUT2D eigenvalue weighted by atomic mass is 35.5. The molecule has 1 aliphatic rings. The quantitative estimate of drug-likeness (QED) is 0.796. The third kappa shape index (κ3) is 3.16. The molecule has 1 heterocycles. The molecule has 1 amide bonds. The highest BCUT2D eigenvalue weighted by Crippen LogP contribution is 2.23. The molecule has 2 N–H and O–H groups in total. The molecule has 0 radical (unpaired) electrons. The van der Waals surface area contributed by atoms with Gasteiger partial charge in [0, 0.05) is 18.8 Å². The molecule has 3 nitrogen and oxygen atoms in total. The molecule has 0 spiro atoms. The first kappa shape index (κ1) is 14.8. The Morgan fingerprint density at radius 3 is 2.33 bits per heavy atom. The molecule has 1 aromatic carbocycles. The molecule has 2 rings (SSSR count). The summed E-state index contributed by atoms with van der Waals surface area (Å²) in [7, 11) is 0. The lowest BCUT2D eigenvalue weighted by Gasteiger charge is -2.35. The average molecular weight is 269 g/mol. The largest absolute Gasteiger partial charge is 0.398 e. The standard InChI is InChI=1S/C14H20N2O.ClH/c1-10-7-11(2)9-16(8-10)14(17)12-5-3-4-6-13(12)15;/h3-6,10-11H,7-9,15H2,1-2H3;1H. The Kier molecular flexibility index (Phi) is 5.03. The minimum atomic E-state index is 0. The second-order valence-electron chi connectivity index (χ2n) is 5.24. The van der Waals surface area contributed by atoms with E-state index in [-0.39, 0.29) is 18.3 Å². The van der Waals surface area contributed by atoms with E-state index < -0.39 is 0 Å². The maximum absolute atomic E-state index is 12.4. The molecule has 4 heteroatoms. The van der Waals surface area contributed by atoms with E-state index in [2.05, 4.69) is 13.8 Å². The van der Waals surface area contributed by atoms with Crippen LogP contribution >= 0.6 is 12.4 Å². The predicted molar refractivity (Wildman–Crippen MR) is 77.0 cm³/mol. The van der Waals surface area contributed by atoms with Crippen molar-refractivity contribution in [3.63, 3.8) is 0 Å². The van der Waals surface area contributed by atoms with Crippen LogP contribution in [0.15, 0.2) is 24.3 Å². The third-order valence-corrected chi connectivity index (χ3v) is 3.35. The minimum absolute atomic E-state index is 0. The normalized spacial score (nSPS) is 23.3. The number of nitrogens with two attached hydrogens (primary N) is 1. The molecule has 0 aromatic heterocycles. The van der Waals surface area contributed by atoms with Gasteiger partial charge in [0.05, 0.1) is 5.56 Å². The van der Waals surface area contributed by atoms with Gasteiger partial charge in [-0.25, -0.2) is 0 Å². The van der Waals surface area contributed by atoms with Crippen molar-refractivity contribution in [1.82, 2.24) is 4.90 Å². The number of hydrogen-bond donors (Lipinski definition) is 1. The van der Waals surface area contributed by atoms with Crippen LogP contribution in [0.25, 0.3) is 0 Å². The van der Waals surface area contributed by atoms with Crippen LogP contribution in [0.2, 0.25) is 0 Å². The van der Waals surface area contributed by atoms with Crippen LogP contribution in [0.1, 0.15) is 30.6 Å². The number of likely N-dealkylation sites (tertiary alicyclic amines) is 1. The van der Waals surface area contributed by atoms with Gasteiger partial charge in [-0.15, -0.1) is 12.4 Å². The summed E-state index contributed by atoms with van der Waals surface area (Å²) in [6, 6.07) is 7.31. The molecule has 2 atom stereocenters. The molecular weight excluding hydrogens is 248 g/mol. The lowest BCUT2D eigenvalue weighted by molar-refractivity contribution is 0.0624. The van der Waals surface area contributed by atoms with Gasteiger partial charge < -0.3 is 10.6 Å². The third-order valence-electron chi connectivity index (χ3n) is 3.35. The van der Waals surface area contributed by atoms with E-state index in [0.717, 1.165) is 13.1 Å². The maximum atomic E-state index is 12.4. The first-order valence-corrected chi connectivity index (χ1v) is 6.21. The Balaban J connectivity index is 0.00000162. The number of hydrogen-bond acceptors (Lipinski definition) is 2. The Morgan fingerprint density at radius 2 is 1.78 bits per heavy atom. The monoisotopic (exact) mass is 268 g/mol. The van der Waals surface area contributed by atoms with Gasteiger partial charge in [-0.3, -0.25) is 4.79 Å². The summed E-state index contributed by atoms with van der Waals surface area (Å²) >= 11 is 0. The van der Waals surface area contributed by atoms with E-state index in [1.54, 1.807) is 6.07 Å². The Hall–Kier alpha value is -1.22. The van der Waals surface area contributed by atoms with E-state index in [0.29, 0.717) is 23.1 Å². The number of carbonyl (C=O) groups is 1. The lowest BCUT2D eigenvalue weighted by atomic mass is 9.91. The van der Waals surface area contributed by atoms with Crippen molar-refractivity contribution < 1.29 is 4.79 Å². The number of rotatable bonds is 1. The van der Waals surface area contributed by atoms with Gasteiger partial charge in [0.15, 0.2) is 0 Å². The predicted octanol–water partition coefficient (Wildman–Crippen LogP) is 2.81. The summed E-state index contributed by atoms with van der Waals surface area (Å²) in [5.74, 6) is 1.22. The summed E-state index contributed by atoms with van der Waals surface area (Å²) in [4.78, 5) is 14.3. The lowest BCUT2D eigenvalue weighted by Crippen LogP contribution is -2.42. The number of carbonyl (C=O) groups excluding carboxylic acids is 1. The molecule has 0 saturated carbocycles. The zero-order valence-electron chi connectivity index (χ0n) is 10.9. The van der Waals surface area contributed by atoms with Crippen molar-refractivity contribution >= 4 is 24.0 Å². The minimum Gasteiger partial charge on any atom is -0.398 e. The number of nitrogen functional groups attached to an aromatic ring is 1. The first-order chi connectivity index (χ1) is 8.08. The molecule has 1 aliphatic heterocycles. The first-order valence-electron chi connectivity index (χ1n) is 6.21. The van der Waals surface area contributed by atoms with Gasteiger partial charge in [-0.2, -0.15) is 0 Å². The fourth-order valence-electron chi connectivity index (χ4n) is 2.69. The van der Waals surface area contributed by atoms with Gasteiger partial charge in [0.2, 0.25) is 0 Å². The van der Waals surface area contributed by atoms with E-state index in [9.17, 15) is 4.79 Å². The number of halogens is 1. The second kappa shape index (κ2) is 6.10. The fraction of sp³-hybridized carbons (Fsp3) is 0.500. The van der Waals surface area contributed by atoms with Crippen LogP contribution in [0.3, 0.4) is 0 Å².